The van der Waals surface area contributed by atoms with Crippen molar-refractivity contribution in [2.24, 2.45) is 0 Å². The zero-order valence-electron chi connectivity index (χ0n) is 16.1. The van der Waals surface area contributed by atoms with Crippen LogP contribution in [0, 0.1) is 3.57 Å². The second kappa shape index (κ2) is 8.50. The molecule has 4 rings (SSSR count). The summed E-state index contributed by atoms with van der Waals surface area (Å²) in [5.41, 5.74) is 2.34. The average molecular weight is 503 g/mol. The number of imide groups is 1. The van der Waals surface area contributed by atoms with E-state index in [1.807, 2.05) is 24.3 Å². The fraction of sp³-hybridized carbons (Fsp3) is 0.286. The molecule has 1 fully saturated rings. The number of hydrogen-bond acceptors (Lipinski definition) is 6. The van der Waals surface area contributed by atoms with Crippen LogP contribution in [0.15, 0.2) is 42.7 Å². The third-order valence-electron chi connectivity index (χ3n) is 5.26. The third kappa shape index (κ3) is 4.27. The molecular formula is C21H22IN5O2. The second-order valence-electron chi connectivity index (χ2n) is 7.00. The van der Waals surface area contributed by atoms with Crippen LogP contribution in [-0.2, 0) is 4.79 Å². The first kappa shape index (κ1) is 19.8. The van der Waals surface area contributed by atoms with Gasteiger partial charge in [0.2, 0.25) is 0 Å². The van der Waals surface area contributed by atoms with E-state index in [0.29, 0.717) is 16.7 Å². The summed E-state index contributed by atoms with van der Waals surface area (Å²) < 4.78 is 0.962. The van der Waals surface area contributed by atoms with E-state index in [2.05, 4.69) is 54.9 Å². The van der Waals surface area contributed by atoms with Crippen LogP contribution in [0.5, 0.6) is 0 Å². The summed E-state index contributed by atoms with van der Waals surface area (Å²) in [6, 6.07) is 9.37. The van der Waals surface area contributed by atoms with Gasteiger partial charge in [-0.25, -0.2) is 4.98 Å². The minimum absolute atomic E-state index is 0.368. The lowest BCUT2D eigenvalue weighted by molar-refractivity contribution is -0.114. The van der Waals surface area contributed by atoms with E-state index in [-0.39, 0.29) is 5.91 Å². The summed E-state index contributed by atoms with van der Waals surface area (Å²) in [7, 11) is 0. The highest BCUT2D eigenvalue weighted by molar-refractivity contribution is 14.1. The number of anilines is 2. The molecule has 0 atom stereocenters. The number of halogens is 1. The lowest BCUT2D eigenvalue weighted by atomic mass is 9.96. The normalized spacial score (nSPS) is 18.6. The molecule has 0 aliphatic carbocycles. The van der Waals surface area contributed by atoms with E-state index in [1.165, 1.54) is 0 Å². The summed E-state index contributed by atoms with van der Waals surface area (Å²) >= 11 is 2.17. The van der Waals surface area contributed by atoms with E-state index in [0.717, 1.165) is 47.8 Å². The van der Waals surface area contributed by atoms with Crippen LogP contribution in [0.1, 0.15) is 22.8 Å². The van der Waals surface area contributed by atoms with Crippen LogP contribution in [-0.4, -0.2) is 54.4 Å². The first-order valence-electron chi connectivity index (χ1n) is 9.61. The SMILES string of the molecule is CCN1CCN(c2ccc(N/C=C3\C(=O)NC(=O)c4ccc(I)cc43)cn2)CC1. The van der Waals surface area contributed by atoms with Gasteiger partial charge in [-0.3, -0.25) is 14.9 Å². The summed E-state index contributed by atoms with van der Waals surface area (Å²) in [6.07, 6.45) is 3.40. The maximum Gasteiger partial charge on any atom is 0.260 e. The molecule has 1 aromatic carbocycles. The fourth-order valence-electron chi connectivity index (χ4n) is 3.55. The fourth-order valence-corrected chi connectivity index (χ4v) is 4.04. The molecule has 0 unspecified atom stereocenters. The number of amides is 2. The van der Waals surface area contributed by atoms with Crippen molar-refractivity contribution >= 4 is 51.5 Å². The van der Waals surface area contributed by atoms with Crippen molar-refractivity contribution in [1.82, 2.24) is 15.2 Å². The Kier molecular flexibility index (Phi) is 5.81. The smallest absolute Gasteiger partial charge is 0.260 e. The number of likely N-dealkylation sites (N-methyl/N-ethyl adjacent to an activating group) is 1. The third-order valence-corrected chi connectivity index (χ3v) is 5.93. The Labute approximate surface area is 183 Å². The molecule has 1 saturated heterocycles. The van der Waals surface area contributed by atoms with E-state index >= 15 is 0 Å². The summed E-state index contributed by atoms with van der Waals surface area (Å²) in [4.78, 5) is 33.7. The van der Waals surface area contributed by atoms with Crippen LogP contribution in [0.25, 0.3) is 5.57 Å². The summed E-state index contributed by atoms with van der Waals surface area (Å²) in [5.74, 6) is 0.183. The van der Waals surface area contributed by atoms with Gasteiger partial charge in [-0.05, 0) is 59.5 Å². The predicted molar refractivity (Wildman–Crippen MR) is 122 cm³/mol. The second-order valence-corrected chi connectivity index (χ2v) is 8.25. The average Bonchev–Trinajstić information content (AvgIpc) is 2.74. The molecule has 0 saturated carbocycles. The van der Waals surface area contributed by atoms with Gasteiger partial charge in [0.05, 0.1) is 17.5 Å². The van der Waals surface area contributed by atoms with Gasteiger partial charge >= 0.3 is 0 Å². The van der Waals surface area contributed by atoms with E-state index in [9.17, 15) is 9.59 Å². The monoisotopic (exact) mass is 503 g/mol. The standard InChI is InChI=1S/C21H22IN5O2/c1-2-26-7-9-27(10-8-26)19-6-4-15(12-24-19)23-13-18-17-11-14(22)3-5-16(17)20(28)25-21(18)29/h3-6,11-13,23H,2,7-10H2,1H3,(H,25,28,29)/b18-13-. The molecule has 2 aliphatic heterocycles. The van der Waals surface area contributed by atoms with Crippen molar-refractivity contribution in [1.29, 1.82) is 0 Å². The van der Waals surface area contributed by atoms with E-state index in [4.69, 9.17) is 0 Å². The Morgan fingerprint density at radius 3 is 2.59 bits per heavy atom. The molecule has 0 bridgehead atoms. The Hall–Kier alpha value is -2.46. The number of fused-ring (bicyclic) bond motifs is 1. The van der Waals surface area contributed by atoms with Crippen LogP contribution >= 0.6 is 22.6 Å². The number of piperazine rings is 1. The molecule has 2 aliphatic rings. The molecule has 8 heteroatoms. The van der Waals surface area contributed by atoms with Crippen LogP contribution in [0.4, 0.5) is 11.5 Å². The summed E-state index contributed by atoms with van der Waals surface area (Å²) in [6.45, 7) is 7.32. The first-order chi connectivity index (χ1) is 14.0. The minimum Gasteiger partial charge on any atom is -0.360 e. The van der Waals surface area contributed by atoms with Gasteiger partial charge in [0.25, 0.3) is 11.8 Å². The van der Waals surface area contributed by atoms with Crippen molar-refractivity contribution in [2.75, 3.05) is 42.9 Å². The number of aromatic nitrogens is 1. The van der Waals surface area contributed by atoms with Crippen molar-refractivity contribution in [3.05, 3.63) is 57.4 Å². The van der Waals surface area contributed by atoms with E-state index < -0.39 is 5.91 Å². The molecule has 0 radical (unpaired) electrons. The first-order valence-corrected chi connectivity index (χ1v) is 10.7. The molecular weight excluding hydrogens is 481 g/mol. The van der Waals surface area contributed by atoms with Crippen molar-refractivity contribution in [2.45, 2.75) is 6.92 Å². The molecule has 2 aromatic rings. The highest BCUT2D eigenvalue weighted by Crippen LogP contribution is 2.26. The Bertz CT molecular complexity index is 966. The molecule has 3 heterocycles. The topological polar surface area (TPSA) is 77.6 Å². The lowest BCUT2D eigenvalue weighted by Gasteiger charge is -2.34. The lowest BCUT2D eigenvalue weighted by Crippen LogP contribution is -2.46. The highest BCUT2D eigenvalue weighted by Gasteiger charge is 2.27. The zero-order chi connectivity index (χ0) is 20.4. The van der Waals surface area contributed by atoms with Gasteiger partial charge < -0.3 is 15.1 Å². The largest absolute Gasteiger partial charge is 0.360 e. The van der Waals surface area contributed by atoms with Gasteiger partial charge in [0, 0.05) is 47.1 Å². The molecule has 29 heavy (non-hydrogen) atoms. The Balaban J connectivity index is 1.49. The van der Waals surface area contributed by atoms with E-state index in [1.54, 1.807) is 18.5 Å². The van der Waals surface area contributed by atoms with Crippen molar-refractivity contribution in [3.63, 3.8) is 0 Å². The number of nitrogens with one attached hydrogen (secondary N) is 2. The number of carbonyl (C=O) groups is 2. The quantitative estimate of drug-likeness (QED) is 0.380. The van der Waals surface area contributed by atoms with Crippen molar-refractivity contribution in [3.8, 4) is 0 Å². The van der Waals surface area contributed by atoms with Gasteiger partial charge in [-0.2, -0.15) is 0 Å². The molecule has 7 nitrogen and oxygen atoms in total. The number of nitrogens with zero attached hydrogens (tertiary/aromatic N) is 3. The molecule has 0 spiro atoms. The highest BCUT2D eigenvalue weighted by atomic mass is 127. The number of rotatable bonds is 4. The van der Waals surface area contributed by atoms with Crippen molar-refractivity contribution < 1.29 is 9.59 Å². The van der Waals surface area contributed by atoms with Gasteiger partial charge in [0.15, 0.2) is 0 Å². The van der Waals surface area contributed by atoms with Crippen LogP contribution < -0.4 is 15.5 Å². The van der Waals surface area contributed by atoms with Crippen LogP contribution in [0.3, 0.4) is 0 Å². The van der Waals surface area contributed by atoms with Gasteiger partial charge in [-0.15, -0.1) is 0 Å². The van der Waals surface area contributed by atoms with Crippen LogP contribution in [0.2, 0.25) is 0 Å². The summed E-state index contributed by atoms with van der Waals surface area (Å²) in [5, 5.41) is 5.53. The molecule has 150 valence electrons. The maximum atomic E-state index is 12.3. The molecule has 2 amide bonds. The Morgan fingerprint density at radius 1 is 1.10 bits per heavy atom. The zero-order valence-corrected chi connectivity index (χ0v) is 18.3. The number of hydrogen-bond donors (Lipinski definition) is 2. The number of benzene rings is 1. The Morgan fingerprint density at radius 2 is 1.90 bits per heavy atom. The van der Waals surface area contributed by atoms with Gasteiger partial charge in [-0.1, -0.05) is 6.92 Å². The number of carbonyl (C=O) groups excluding carboxylic acids is 2. The maximum absolute atomic E-state index is 12.3. The molecule has 1 aromatic heterocycles. The van der Waals surface area contributed by atoms with Gasteiger partial charge in [0.1, 0.15) is 5.82 Å². The minimum atomic E-state index is -0.407. The predicted octanol–water partition coefficient (Wildman–Crippen LogP) is 2.55. The number of pyridine rings is 1. The molecule has 2 N–H and O–H groups in total.